The van der Waals surface area contributed by atoms with Gasteiger partial charge in [0.15, 0.2) is 0 Å². The molecule has 0 aliphatic carbocycles. The van der Waals surface area contributed by atoms with Crippen LogP contribution >= 0.6 is 15.9 Å². The van der Waals surface area contributed by atoms with Crippen LogP contribution < -0.4 is 9.84 Å². The molecular weight excluding hydrogens is 346 g/mol. The third-order valence-electron chi connectivity index (χ3n) is 2.85. The average molecular weight is 357 g/mol. The van der Waals surface area contributed by atoms with Gasteiger partial charge in [0.25, 0.3) is 0 Å². The van der Waals surface area contributed by atoms with Crippen molar-refractivity contribution in [2.24, 2.45) is 0 Å². The van der Waals surface area contributed by atoms with Crippen LogP contribution in [0.4, 0.5) is 0 Å². The molecule has 0 aliphatic heterocycles. The predicted octanol–water partition coefficient (Wildman–Crippen LogP) is 2.68. The zero-order valence-electron chi connectivity index (χ0n) is 11.5. The summed E-state index contributed by atoms with van der Waals surface area (Å²) in [7, 11) is 0. The minimum atomic E-state index is -1.52. The van der Waals surface area contributed by atoms with Crippen LogP contribution in [0, 0.1) is 11.3 Å². The first-order valence-corrected chi connectivity index (χ1v) is 7.19. The number of hydrogen-bond donors (Lipinski definition) is 0. The summed E-state index contributed by atoms with van der Waals surface area (Å²) in [6.07, 6.45) is 1.24. The molecule has 0 heterocycles. The van der Waals surface area contributed by atoms with Crippen LogP contribution in [0.25, 0.3) is 6.08 Å². The molecule has 0 radical (unpaired) electrons. The number of carboxylic acid groups (broad SMARTS) is 1. The van der Waals surface area contributed by atoms with Crippen molar-refractivity contribution in [3.05, 3.63) is 69.7 Å². The van der Waals surface area contributed by atoms with Crippen molar-refractivity contribution in [2.75, 3.05) is 0 Å². The molecule has 2 rings (SSSR count). The summed E-state index contributed by atoms with van der Waals surface area (Å²) in [5.41, 5.74) is 1.02. The van der Waals surface area contributed by atoms with Crippen LogP contribution in [0.3, 0.4) is 0 Å². The molecule has 0 aliphatic rings. The number of ether oxygens (including phenoxy) is 1. The molecule has 4 nitrogen and oxygen atoms in total. The minimum Gasteiger partial charge on any atom is -0.544 e. The lowest BCUT2D eigenvalue weighted by Gasteiger charge is -2.10. The van der Waals surface area contributed by atoms with E-state index in [0.29, 0.717) is 17.9 Å². The summed E-state index contributed by atoms with van der Waals surface area (Å²) in [4.78, 5) is 10.9. The van der Waals surface area contributed by atoms with E-state index < -0.39 is 11.5 Å². The van der Waals surface area contributed by atoms with Crippen molar-refractivity contribution in [3.8, 4) is 11.8 Å². The van der Waals surface area contributed by atoms with E-state index in [1.54, 1.807) is 24.3 Å². The Morgan fingerprint density at radius 2 is 2.00 bits per heavy atom. The van der Waals surface area contributed by atoms with Crippen molar-refractivity contribution < 1.29 is 14.6 Å². The molecule has 0 saturated heterocycles. The van der Waals surface area contributed by atoms with Crippen LogP contribution in [0.15, 0.2) is 58.6 Å². The molecule has 2 aromatic carbocycles. The Kier molecular flexibility index (Phi) is 5.34. The second-order valence-electron chi connectivity index (χ2n) is 4.41. The first-order chi connectivity index (χ1) is 10.6. The van der Waals surface area contributed by atoms with E-state index in [-0.39, 0.29) is 0 Å². The van der Waals surface area contributed by atoms with Crippen molar-refractivity contribution in [1.29, 1.82) is 5.26 Å². The first-order valence-electron chi connectivity index (χ1n) is 6.39. The molecule has 0 aromatic heterocycles. The third kappa shape index (κ3) is 4.21. The quantitative estimate of drug-likeness (QED) is 0.609. The van der Waals surface area contributed by atoms with E-state index in [4.69, 9.17) is 10.00 Å². The van der Waals surface area contributed by atoms with Crippen LogP contribution in [0.1, 0.15) is 11.1 Å². The summed E-state index contributed by atoms with van der Waals surface area (Å²) in [5, 5.41) is 19.7. The summed E-state index contributed by atoms with van der Waals surface area (Å²) in [6, 6.07) is 16.4. The second-order valence-corrected chi connectivity index (χ2v) is 5.33. The fourth-order valence-electron chi connectivity index (χ4n) is 1.79. The van der Waals surface area contributed by atoms with Crippen molar-refractivity contribution in [3.63, 3.8) is 0 Å². The number of nitriles is 1. The largest absolute Gasteiger partial charge is 0.544 e. The lowest BCUT2D eigenvalue weighted by atomic mass is 10.1. The molecule has 2 aromatic rings. The maximum Gasteiger partial charge on any atom is 0.127 e. The molecule has 0 unspecified atom stereocenters. The smallest absolute Gasteiger partial charge is 0.127 e. The minimum absolute atomic E-state index is 0.344. The SMILES string of the molecule is N#C/C(=C\c1cc(Br)ccc1OCc1ccccc1)C(=O)[O-]. The van der Waals surface area contributed by atoms with Gasteiger partial charge in [0.2, 0.25) is 0 Å². The Balaban J connectivity index is 2.28. The lowest BCUT2D eigenvalue weighted by Crippen LogP contribution is -2.23. The molecule has 0 amide bonds. The molecule has 0 spiro atoms. The Morgan fingerprint density at radius 3 is 2.64 bits per heavy atom. The van der Waals surface area contributed by atoms with Gasteiger partial charge < -0.3 is 14.6 Å². The second kappa shape index (κ2) is 7.43. The fraction of sp³-hybridized carbons (Fsp3) is 0.0588. The van der Waals surface area contributed by atoms with Crippen LogP contribution in [-0.4, -0.2) is 5.97 Å². The van der Waals surface area contributed by atoms with E-state index in [0.717, 1.165) is 10.0 Å². The van der Waals surface area contributed by atoms with Gasteiger partial charge in [0.1, 0.15) is 18.4 Å². The van der Waals surface area contributed by atoms with Crippen molar-refractivity contribution in [2.45, 2.75) is 6.61 Å². The van der Waals surface area contributed by atoms with E-state index in [9.17, 15) is 9.90 Å². The van der Waals surface area contributed by atoms with Crippen LogP contribution in [0.5, 0.6) is 5.75 Å². The molecule has 0 saturated carbocycles. The van der Waals surface area contributed by atoms with Crippen molar-refractivity contribution >= 4 is 28.0 Å². The number of halogens is 1. The number of rotatable bonds is 5. The number of nitrogens with zero attached hydrogens (tertiary/aromatic N) is 1. The highest BCUT2D eigenvalue weighted by Gasteiger charge is 2.06. The summed E-state index contributed by atoms with van der Waals surface area (Å²) in [6.45, 7) is 0.344. The van der Waals surface area contributed by atoms with Gasteiger partial charge in [0, 0.05) is 10.0 Å². The molecule has 0 atom stereocenters. The van der Waals surface area contributed by atoms with Crippen LogP contribution in [0.2, 0.25) is 0 Å². The summed E-state index contributed by atoms with van der Waals surface area (Å²) in [5.74, 6) is -1.03. The number of carbonyl (C=O) groups is 1. The molecule has 0 bridgehead atoms. The van der Waals surface area contributed by atoms with Gasteiger partial charge in [-0.2, -0.15) is 5.26 Å². The number of aliphatic carboxylic acids is 1. The summed E-state index contributed by atoms with van der Waals surface area (Å²) >= 11 is 3.31. The predicted molar refractivity (Wildman–Crippen MR) is 83.5 cm³/mol. The molecule has 110 valence electrons. The normalized spacial score (nSPS) is 10.8. The maximum atomic E-state index is 10.9. The Labute approximate surface area is 136 Å². The average Bonchev–Trinajstić information content (AvgIpc) is 2.52. The first kappa shape index (κ1) is 15.8. The standard InChI is InChI=1S/C17H12BrNO3/c18-15-6-7-16(22-11-12-4-2-1-3-5-12)13(9-15)8-14(10-19)17(20)21/h1-9H,11H2,(H,20,21)/p-1/b14-8+. The summed E-state index contributed by atoms with van der Waals surface area (Å²) < 4.78 is 6.47. The Bertz CT molecular complexity index is 748. The van der Waals surface area contributed by atoms with Gasteiger partial charge in [-0.05, 0) is 29.8 Å². The van der Waals surface area contributed by atoms with Gasteiger partial charge >= 0.3 is 0 Å². The topological polar surface area (TPSA) is 73.1 Å². The third-order valence-corrected chi connectivity index (χ3v) is 3.34. The number of carbonyl (C=O) groups excluding carboxylic acids is 1. The molecule has 0 fully saturated rings. The van der Waals surface area contributed by atoms with Crippen molar-refractivity contribution in [1.82, 2.24) is 0 Å². The molecule has 0 N–H and O–H groups in total. The highest BCUT2D eigenvalue weighted by molar-refractivity contribution is 9.10. The van der Waals surface area contributed by atoms with E-state index >= 15 is 0 Å². The van der Waals surface area contributed by atoms with E-state index in [1.165, 1.54) is 6.08 Å². The van der Waals surface area contributed by atoms with Gasteiger partial charge in [-0.1, -0.05) is 46.3 Å². The Hall–Kier alpha value is -2.58. The van der Waals surface area contributed by atoms with E-state index in [1.807, 2.05) is 30.3 Å². The highest BCUT2D eigenvalue weighted by atomic mass is 79.9. The molecule has 22 heavy (non-hydrogen) atoms. The fourth-order valence-corrected chi connectivity index (χ4v) is 2.17. The lowest BCUT2D eigenvalue weighted by molar-refractivity contribution is -0.298. The van der Waals surface area contributed by atoms with Gasteiger partial charge in [-0.15, -0.1) is 0 Å². The number of hydrogen-bond acceptors (Lipinski definition) is 4. The van der Waals surface area contributed by atoms with Gasteiger partial charge in [-0.3, -0.25) is 0 Å². The number of carboxylic acids is 1. The zero-order chi connectivity index (χ0) is 15.9. The highest BCUT2D eigenvalue weighted by Crippen LogP contribution is 2.26. The number of benzene rings is 2. The molecular formula is C17H11BrNO3-. The van der Waals surface area contributed by atoms with E-state index in [2.05, 4.69) is 15.9 Å². The monoisotopic (exact) mass is 356 g/mol. The Morgan fingerprint density at radius 1 is 1.27 bits per heavy atom. The zero-order valence-corrected chi connectivity index (χ0v) is 13.0. The van der Waals surface area contributed by atoms with Crippen LogP contribution in [-0.2, 0) is 11.4 Å². The molecule has 5 heteroatoms. The van der Waals surface area contributed by atoms with Gasteiger partial charge in [0.05, 0.1) is 11.5 Å². The maximum absolute atomic E-state index is 10.9. The van der Waals surface area contributed by atoms with Gasteiger partial charge in [-0.25, -0.2) is 0 Å².